The standard InChI is InChI=1S/C23H23BrN4O2/c1-16(29)28-12-10-27(11-13-28)15-17-2-4-18(5-3-17)21-14-22(26-23(30)25-21)19-6-8-20(24)9-7-19/h2-9,14H,10-13,15H2,1H3,(H,25,26,30). The lowest BCUT2D eigenvalue weighted by atomic mass is 10.1. The van der Waals surface area contributed by atoms with Gasteiger partial charge in [-0.05, 0) is 29.3 Å². The number of hydrogen-bond acceptors (Lipinski definition) is 4. The van der Waals surface area contributed by atoms with Crippen molar-refractivity contribution in [2.75, 3.05) is 26.2 Å². The van der Waals surface area contributed by atoms with Crippen LogP contribution in [-0.2, 0) is 11.3 Å². The van der Waals surface area contributed by atoms with E-state index in [4.69, 9.17) is 0 Å². The third-order valence-electron chi connectivity index (χ3n) is 5.37. The number of benzene rings is 2. The highest BCUT2D eigenvalue weighted by Gasteiger charge is 2.18. The van der Waals surface area contributed by atoms with Crippen molar-refractivity contribution in [2.45, 2.75) is 13.5 Å². The summed E-state index contributed by atoms with van der Waals surface area (Å²) in [4.78, 5) is 34.8. The Labute approximate surface area is 183 Å². The van der Waals surface area contributed by atoms with E-state index in [2.05, 4.69) is 42.9 Å². The van der Waals surface area contributed by atoms with E-state index in [1.54, 1.807) is 6.92 Å². The Hall–Kier alpha value is -2.77. The van der Waals surface area contributed by atoms with Gasteiger partial charge in [-0.1, -0.05) is 52.3 Å². The van der Waals surface area contributed by atoms with Crippen molar-refractivity contribution in [1.29, 1.82) is 0 Å². The summed E-state index contributed by atoms with van der Waals surface area (Å²) >= 11 is 3.43. The third kappa shape index (κ3) is 4.86. The van der Waals surface area contributed by atoms with Gasteiger partial charge in [0.1, 0.15) is 0 Å². The van der Waals surface area contributed by atoms with Gasteiger partial charge in [-0.15, -0.1) is 0 Å². The first-order valence-corrected chi connectivity index (χ1v) is 10.7. The highest BCUT2D eigenvalue weighted by Crippen LogP contribution is 2.24. The van der Waals surface area contributed by atoms with E-state index in [0.717, 1.165) is 54.0 Å². The van der Waals surface area contributed by atoms with Gasteiger partial charge < -0.3 is 9.88 Å². The minimum Gasteiger partial charge on any atom is -0.340 e. The number of hydrogen-bond donors (Lipinski definition) is 1. The van der Waals surface area contributed by atoms with Crippen LogP contribution in [-0.4, -0.2) is 51.9 Å². The average Bonchev–Trinajstić information content (AvgIpc) is 2.75. The first-order chi connectivity index (χ1) is 14.5. The van der Waals surface area contributed by atoms with Gasteiger partial charge in [-0.3, -0.25) is 9.69 Å². The number of piperazine rings is 1. The molecule has 6 nitrogen and oxygen atoms in total. The van der Waals surface area contributed by atoms with E-state index in [-0.39, 0.29) is 11.6 Å². The van der Waals surface area contributed by atoms with Crippen LogP contribution in [0.2, 0.25) is 0 Å². The number of nitrogens with zero attached hydrogens (tertiary/aromatic N) is 3. The summed E-state index contributed by atoms with van der Waals surface area (Å²) in [5, 5.41) is 0. The van der Waals surface area contributed by atoms with Crippen LogP contribution in [0.25, 0.3) is 22.5 Å². The normalized spacial score (nSPS) is 14.7. The monoisotopic (exact) mass is 466 g/mol. The van der Waals surface area contributed by atoms with Crippen molar-refractivity contribution >= 4 is 21.8 Å². The van der Waals surface area contributed by atoms with Crippen molar-refractivity contribution in [3.8, 4) is 22.5 Å². The van der Waals surface area contributed by atoms with Crippen molar-refractivity contribution < 1.29 is 4.79 Å². The van der Waals surface area contributed by atoms with Gasteiger partial charge in [-0.25, -0.2) is 4.79 Å². The smallest absolute Gasteiger partial charge is 0.340 e. The fourth-order valence-electron chi connectivity index (χ4n) is 3.65. The molecule has 2 aromatic carbocycles. The quantitative estimate of drug-likeness (QED) is 0.638. The van der Waals surface area contributed by atoms with Crippen molar-refractivity contribution in [3.05, 3.63) is 75.1 Å². The molecule has 0 bridgehead atoms. The lowest BCUT2D eigenvalue weighted by molar-refractivity contribution is -0.130. The predicted molar refractivity (Wildman–Crippen MR) is 121 cm³/mol. The maximum absolute atomic E-state index is 12.1. The molecule has 30 heavy (non-hydrogen) atoms. The van der Waals surface area contributed by atoms with Crippen LogP contribution in [0.5, 0.6) is 0 Å². The molecule has 0 unspecified atom stereocenters. The first-order valence-electron chi connectivity index (χ1n) is 9.92. The van der Waals surface area contributed by atoms with Crippen LogP contribution in [0.3, 0.4) is 0 Å². The van der Waals surface area contributed by atoms with Crippen molar-refractivity contribution in [1.82, 2.24) is 19.8 Å². The summed E-state index contributed by atoms with van der Waals surface area (Å²) in [5.74, 6) is 0.145. The molecule has 3 aromatic rings. The fourth-order valence-corrected chi connectivity index (χ4v) is 3.91. The lowest BCUT2D eigenvalue weighted by Gasteiger charge is -2.34. The number of rotatable bonds is 4. The zero-order valence-corrected chi connectivity index (χ0v) is 18.4. The number of carbonyl (C=O) groups is 1. The minimum absolute atomic E-state index is 0.145. The molecule has 2 heterocycles. The molecule has 1 fully saturated rings. The highest BCUT2D eigenvalue weighted by molar-refractivity contribution is 9.10. The van der Waals surface area contributed by atoms with Gasteiger partial charge >= 0.3 is 5.69 Å². The zero-order valence-electron chi connectivity index (χ0n) is 16.8. The Balaban J connectivity index is 1.48. The second kappa shape index (κ2) is 8.93. The molecule has 1 N–H and O–H groups in total. The molecule has 1 aliphatic rings. The number of carbonyl (C=O) groups excluding carboxylic acids is 1. The Morgan fingerprint density at radius 2 is 1.63 bits per heavy atom. The molecule has 0 spiro atoms. The number of aromatic nitrogens is 2. The van der Waals surface area contributed by atoms with Crippen LogP contribution >= 0.6 is 15.9 Å². The Morgan fingerprint density at radius 3 is 2.27 bits per heavy atom. The van der Waals surface area contributed by atoms with Crippen LogP contribution in [0.1, 0.15) is 12.5 Å². The maximum Gasteiger partial charge on any atom is 0.345 e. The molecule has 0 aliphatic carbocycles. The molecule has 7 heteroatoms. The van der Waals surface area contributed by atoms with Crippen molar-refractivity contribution in [2.24, 2.45) is 0 Å². The average molecular weight is 467 g/mol. The number of aromatic amines is 1. The predicted octanol–water partition coefficient (Wildman–Crippen LogP) is 3.53. The highest BCUT2D eigenvalue weighted by atomic mass is 79.9. The second-order valence-electron chi connectivity index (χ2n) is 7.47. The Morgan fingerprint density at radius 1 is 1.00 bits per heavy atom. The van der Waals surface area contributed by atoms with Gasteiger partial charge in [0.05, 0.1) is 11.4 Å². The molecule has 0 saturated carbocycles. The SMILES string of the molecule is CC(=O)N1CCN(Cc2ccc(-c3cc(-c4ccc(Br)cc4)[nH]c(=O)n3)cc2)CC1. The first kappa shape index (κ1) is 20.5. The number of halogens is 1. The number of amides is 1. The van der Waals surface area contributed by atoms with E-state index < -0.39 is 0 Å². The third-order valence-corrected chi connectivity index (χ3v) is 5.90. The molecular weight excluding hydrogens is 444 g/mol. The molecule has 1 amide bonds. The van der Waals surface area contributed by atoms with E-state index in [9.17, 15) is 9.59 Å². The Kier molecular flexibility index (Phi) is 6.11. The lowest BCUT2D eigenvalue weighted by Crippen LogP contribution is -2.47. The summed E-state index contributed by atoms with van der Waals surface area (Å²) in [6.07, 6.45) is 0. The molecule has 1 saturated heterocycles. The Bertz CT molecular complexity index is 1090. The van der Waals surface area contributed by atoms with E-state index in [1.165, 1.54) is 5.56 Å². The van der Waals surface area contributed by atoms with E-state index >= 15 is 0 Å². The van der Waals surface area contributed by atoms with Crippen LogP contribution < -0.4 is 5.69 Å². The molecular formula is C23H23BrN4O2. The largest absolute Gasteiger partial charge is 0.345 e. The molecule has 0 atom stereocenters. The molecule has 154 valence electrons. The molecule has 1 aliphatic heterocycles. The molecule has 1 aromatic heterocycles. The maximum atomic E-state index is 12.1. The zero-order chi connectivity index (χ0) is 21.1. The fraction of sp³-hybridized carbons (Fsp3) is 0.261. The van der Waals surface area contributed by atoms with Gasteiger partial charge in [0.15, 0.2) is 0 Å². The van der Waals surface area contributed by atoms with E-state index in [1.807, 2.05) is 47.4 Å². The van der Waals surface area contributed by atoms with Crippen LogP contribution in [0, 0.1) is 0 Å². The summed E-state index contributed by atoms with van der Waals surface area (Å²) < 4.78 is 0.987. The molecule has 4 rings (SSSR count). The summed E-state index contributed by atoms with van der Waals surface area (Å²) in [6, 6.07) is 17.9. The van der Waals surface area contributed by atoms with Gasteiger partial charge in [0.2, 0.25) is 5.91 Å². The van der Waals surface area contributed by atoms with Crippen LogP contribution in [0.15, 0.2) is 63.9 Å². The number of nitrogens with one attached hydrogen (secondary N) is 1. The summed E-state index contributed by atoms with van der Waals surface area (Å²) in [5.41, 5.74) is 4.07. The summed E-state index contributed by atoms with van der Waals surface area (Å²) in [6.45, 7) is 5.80. The van der Waals surface area contributed by atoms with E-state index in [0.29, 0.717) is 5.69 Å². The second-order valence-corrected chi connectivity index (χ2v) is 8.39. The number of H-pyrrole nitrogens is 1. The summed E-state index contributed by atoms with van der Waals surface area (Å²) in [7, 11) is 0. The topological polar surface area (TPSA) is 69.3 Å². The van der Waals surface area contributed by atoms with Crippen molar-refractivity contribution in [3.63, 3.8) is 0 Å². The van der Waals surface area contributed by atoms with Gasteiger partial charge in [-0.2, -0.15) is 4.98 Å². The van der Waals surface area contributed by atoms with Crippen LogP contribution in [0.4, 0.5) is 0 Å². The van der Waals surface area contributed by atoms with Gasteiger partial charge in [0.25, 0.3) is 0 Å². The minimum atomic E-state index is -0.363. The van der Waals surface area contributed by atoms with Gasteiger partial charge in [0, 0.05) is 49.7 Å². The molecule has 0 radical (unpaired) electrons.